The van der Waals surface area contributed by atoms with Gasteiger partial charge in [-0.1, -0.05) is 29.8 Å². The summed E-state index contributed by atoms with van der Waals surface area (Å²) >= 11 is 0. The molecule has 0 saturated carbocycles. The van der Waals surface area contributed by atoms with Crippen LogP contribution in [0.5, 0.6) is 0 Å². The van der Waals surface area contributed by atoms with Gasteiger partial charge in [0.25, 0.3) is 0 Å². The molecule has 1 aliphatic heterocycles. The third kappa shape index (κ3) is 3.10. The molecule has 1 heterocycles. The van der Waals surface area contributed by atoms with Crippen molar-refractivity contribution < 1.29 is 5.11 Å². The van der Waals surface area contributed by atoms with Gasteiger partial charge in [0, 0.05) is 25.2 Å². The number of piperidine rings is 1. The summed E-state index contributed by atoms with van der Waals surface area (Å²) in [4.78, 5) is 2.40. The van der Waals surface area contributed by atoms with Gasteiger partial charge in [-0.15, -0.1) is 0 Å². The Balaban J connectivity index is 2.15. The summed E-state index contributed by atoms with van der Waals surface area (Å²) in [5, 5.41) is 9.60. The molecule has 100 valence electrons. The first kappa shape index (κ1) is 13.5. The number of nitrogens with zero attached hydrogens (tertiary/aromatic N) is 1. The Morgan fingerprint density at radius 3 is 2.28 bits per heavy atom. The van der Waals surface area contributed by atoms with Crippen LogP contribution in [0.15, 0.2) is 24.3 Å². The predicted molar refractivity (Wildman–Crippen MR) is 74.4 cm³/mol. The monoisotopic (exact) mass is 248 g/mol. The highest BCUT2D eigenvalue weighted by molar-refractivity contribution is 5.25. The first-order valence-electron chi connectivity index (χ1n) is 6.82. The molecule has 3 N–H and O–H groups in total. The molecule has 0 radical (unpaired) electrons. The van der Waals surface area contributed by atoms with Gasteiger partial charge in [-0.05, 0) is 32.3 Å². The van der Waals surface area contributed by atoms with Gasteiger partial charge in [0.05, 0.1) is 6.10 Å². The van der Waals surface area contributed by atoms with Crippen molar-refractivity contribution in [2.75, 3.05) is 13.1 Å². The Hall–Kier alpha value is -0.900. The van der Waals surface area contributed by atoms with Crippen LogP contribution in [0.25, 0.3) is 0 Å². The average molecular weight is 248 g/mol. The maximum Gasteiger partial charge on any atom is 0.0564 e. The molecule has 0 aromatic heterocycles. The molecular weight excluding hydrogens is 224 g/mol. The number of benzene rings is 1. The van der Waals surface area contributed by atoms with Crippen molar-refractivity contribution in [1.82, 2.24) is 4.90 Å². The van der Waals surface area contributed by atoms with Crippen LogP contribution in [0, 0.1) is 6.92 Å². The molecule has 0 bridgehead atoms. The van der Waals surface area contributed by atoms with Crippen molar-refractivity contribution in [3.63, 3.8) is 0 Å². The molecular formula is C15H24N2O. The van der Waals surface area contributed by atoms with Gasteiger partial charge in [0.1, 0.15) is 0 Å². The summed E-state index contributed by atoms with van der Waals surface area (Å²) in [6.07, 6.45) is 1.58. The maximum absolute atomic E-state index is 9.60. The van der Waals surface area contributed by atoms with E-state index in [9.17, 15) is 5.11 Å². The molecule has 3 heteroatoms. The lowest BCUT2D eigenvalue weighted by molar-refractivity contribution is 0.0548. The fraction of sp³-hybridized carbons (Fsp3) is 0.600. The number of hydrogen-bond acceptors (Lipinski definition) is 3. The predicted octanol–water partition coefficient (Wildman–Crippen LogP) is 1.84. The fourth-order valence-corrected chi connectivity index (χ4v) is 2.77. The number of aliphatic hydroxyl groups excluding tert-OH is 1. The van der Waals surface area contributed by atoms with Crippen molar-refractivity contribution >= 4 is 0 Å². The van der Waals surface area contributed by atoms with E-state index in [-0.39, 0.29) is 18.2 Å². The summed E-state index contributed by atoms with van der Waals surface area (Å²) in [5.41, 5.74) is 8.73. The lowest BCUT2D eigenvalue weighted by Crippen LogP contribution is -2.44. The molecule has 1 aliphatic rings. The highest BCUT2D eigenvalue weighted by Gasteiger charge is 2.27. The van der Waals surface area contributed by atoms with Gasteiger partial charge >= 0.3 is 0 Å². The topological polar surface area (TPSA) is 49.5 Å². The van der Waals surface area contributed by atoms with Gasteiger partial charge < -0.3 is 10.8 Å². The average Bonchev–Trinajstić information content (AvgIpc) is 2.34. The van der Waals surface area contributed by atoms with Crippen molar-refractivity contribution in [3.8, 4) is 0 Å². The molecule has 18 heavy (non-hydrogen) atoms. The smallest absolute Gasteiger partial charge is 0.0564 e. The normalized spacial score (nSPS) is 21.8. The summed E-state index contributed by atoms with van der Waals surface area (Å²) in [6.45, 7) is 6.03. The van der Waals surface area contributed by atoms with E-state index >= 15 is 0 Å². The Labute approximate surface area is 110 Å². The molecule has 0 spiro atoms. The van der Waals surface area contributed by atoms with Crippen LogP contribution in [0.4, 0.5) is 0 Å². The maximum atomic E-state index is 9.60. The Morgan fingerprint density at radius 1 is 1.22 bits per heavy atom. The van der Waals surface area contributed by atoms with E-state index in [4.69, 9.17) is 5.73 Å². The summed E-state index contributed by atoms with van der Waals surface area (Å²) < 4.78 is 0. The van der Waals surface area contributed by atoms with Crippen LogP contribution in [-0.2, 0) is 0 Å². The number of rotatable bonds is 3. The van der Waals surface area contributed by atoms with E-state index in [0.29, 0.717) is 0 Å². The van der Waals surface area contributed by atoms with Crippen molar-refractivity contribution in [1.29, 1.82) is 0 Å². The third-order valence-corrected chi connectivity index (χ3v) is 3.81. The van der Waals surface area contributed by atoms with Crippen LogP contribution in [0.3, 0.4) is 0 Å². The molecule has 3 nitrogen and oxygen atoms in total. The second-order valence-electron chi connectivity index (χ2n) is 5.48. The summed E-state index contributed by atoms with van der Waals surface area (Å²) in [6, 6.07) is 9.00. The number of nitrogens with two attached hydrogens (primary N) is 1. The second kappa shape index (κ2) is 5.83. The van der Waals surface area contributed by atoms with Crippen molar-refractivity contribution in [2.24, 2.45) is 5.73 Å². The Kier molecular flexibility index (Phi) is 4.38. The zero-order valence-electron chi connectivity index (χ0n) is 11.3. The largest absolute Gasteiger partial charge is 0.393 e. The van der Waals surface area contributed by atoms with Crippen molar-refractivity contribution in [3.05, 3.63) is 35.4 Å². The first-order valence-corrected chi connectivity index (χ1v) is 6.82. The zero-order chi connectivity index (χ0) is 13.1. The standard InChI is InChI=1S/C15H24N2O/c1-11-3-5-13(6-4-11)15(12(2)16)17-9-7-14(18)8-10-17/h3-6,12,14-15,18H,7-10,16H2,1-2H3. The van der Waals surface area contributed by atoms with Crippen LogP contribution < -0.4 is 5.73 Å². The number of likely N-dealkylation sites (tertiary alicyclic amines) is 1. The minimum absolute atomic E-state index is 0.1000. The molecule has 1 saturated heterocycles. The number of hydrogen-bond donors (Lipinski definition) is 2. The molecule has 2 atom stereocenters. The minimum atomic E-state index is -0.131. The van der Waals surface area contributed by atoms with E-state index in [0.717, 1.165) is 25.9 Å². The van der Waals surface area contributed by atoms with E-state index in [1.54, 1.807) is 0 Å². The van der Waals surface area contributed by atoms with E-state index in [1.165, 1.54) is 11.1 Å². The Bertz CT molecular complexity index is 367. The van der Waals surface area contributed by atoms with Gasteiger partial charge in [-0.2, -0.15) is 0 Å². The van der Waals surface area contributed by atoms with Gasteiger partial charge in [0.15, 0.2) is 0 Å². The minimum Gasteiger partial charge on any atom is -0.393 e. The third-order valence-electron chi connectivity index (χ3n) is 3.81. The van der Waals surface area contributed by atoms with Crippen molar-refractivity contribution in [2.45, 2.75) is 44.9 Å². The van der Waals surface area contributed by atoms with E-state index < -0.39 is 0 Å². The molecule has 0 amide bonds. The summed E-state index contributed by atoms with van der Waals surface area (Å²) in [5.74, 6) is 0. The highest BCUT2D eigenvalue weighted by Crippen LogP contribution is 2.27. The number of aryl methyl sites for hydroxylation is 1. The van der Waals surface area contributed by atoms with Crippen LogP contribution in [0.2, 0.25) is 0 Å². The molecule has 2 rings (SSSR count). The lowest BCUT2D eigenvalue weighted by atomic mass is 9.95. The lowest BCUT2D eigenvalue weighted by Gasteiger charge is -2.38. The van der Waals surface area contributed by atoms with Crippen LogP contribution in [-0.4, -0.2) is 35.2 Å². The SMILES string of the molecule is Cc1ccc(C(C(C)N)N2CCC(O)CC2)cc1. The molecule has 1 fully saturated rings. The summed E-state index contributed by atoms with van der Waals surface area (Å²) in [7, 11) is 0. The van der Waals surface area contributed by atoms with Gasteiger partial charge in [-0.25, -0.2) is 0 Å². The quantitative estimate of drug-likeness (QED) is 0.858. The zero-order valence-corrected chi connectivity index (χ0v) is 11.3. The molecule has 1 aromatic carbocycles. The fourth-order valence-electron chi connectivity index (χ4n) is 2.77. The molecule has 0 aliphatic carbocycles. The number of aliphatic hydroxyl groups is 1. The van der Waals surface area contributed by atoms with Crippen LogP contribution in [0.1, 0.15) is 36.9 Å². The highest BCUT2D eigenvalue weighted by atomic mass is 16.3. The first-order chi connectivity index (χ1) is 8.58. The second-order valence-corrected chi connectivity index (χ2v) is 5.48. The van der Waals surface area contributed by atoms with E-state index in [1.807, 2.05) is 0 Å². The van der Waals surface area contributed by atoms with Crippen LogP contribution >= 0.6 is 0 Å². The Morgan fingerprint density at radius 2 is 1.78 bits per heavy atom. The molecule has 2 unspecified atom stereocenters. The van der Waals surface area contributed by atoms with Gasteiger partial charge in [-0.3, -0.25) is 4.90 Å². The van der Waals surface area contributed by atoms with E-state index in [2.05, 4.69) is 43.0 Å². The van der Waals surface area contributed by atoms with Gasteiger partial charge in [0.2, 0.25) is 0 Å². The molecule has 1 aromatic rings.